The van der Waals surface area contributed by atoms with Crippen LogP contribution in [0.15, 0.2) is 71.6 Å². The highest BCUT2D eigenvalue weighted by Crippen LogP contribution is 2.31. The summed E-state index contributed by atoms with van der Waals surface area (Å²) in [5.41, 5.74) is 2.16. The van der Waals surface area contributed by atoms with Crippen molar-refractivity contribution >= 4 is 33.2 Å². The largest absolute Gasteiger partial charge is 0.495 e. The van der Waals surface area contributed by atoms with Crippen molar-refractivity contribution in [3.05, 3.63) is 71.8 Å². The third-order valence-electron chi connectivity index (χ3n) is 4.62. The average Bonchev–Trinajstić information content (AvgIpc) is 2.78. The number of halogens is 1. The molecule has 9 heteroatoms. The van der Waals surface area contributed by atoms with E-state index < -0.39 is 15.9 Å². The first-order valence-electron chi connectivity index (χ1n) is 9.60. The highest BCUT2D eigenvalue weighted by molar-refractivity contribution is 7.89. The van der Waals surface area contributed by atoms with Gasteiger partial charge in [-0.15, -0.1) is 0 Å². The van der Waals surface area contributed by atoms with Gasteiger partial charge in [0.2, 0.25) is 10.0 Å². The second kappa shape index (κ2) is 10.0. The van der Waals surface area contributed by atoms with Gasteiger partial charge in [-0.2, -0.15) is 0 Å². The van der Waals surface area contributed by atoms with Crippen molar-refractivity contribution in [3.8, 4) is 22.6 Å². The molecule has 0 saturated heterocycles. The number of nitrogens with zero attached hydrogens (tertiary/aromatic N) is 1. The van der Waals surface area contributed by atoms with Crippen LogP contribution in [-0.2, 0) is 14.8 Å². The summed E-state index contributed by atoms with van der Waals surface area (Å²) in [6, 6.07) is 19.3. The summed E-state index contributed by atoms with van der Waals surface area (Å²) in [6.07, 6.45) is 0. The Balaban J connectivity index is 1.71. The molecule has 1 amide bonds. The lowest BCUT2D eigenvalue weighted by atomic mass is 10.1. The molecule has 0 aromatic heterocycles. The number of carbonyl (C=O) groups excluding carboxylic acids is 1. The molecule has 0 unspecified atom stereocenters. The minimum atomic E-state index is -3.67. The van der Waals surface area contributed by atoms with Crippen LogP contribution in [0.4, 0.5) is 5.69 Å². The van der Waals surface area contributed by atoms with Crippen molar-refractivity contribution in [1.82, 2.24) is 4.31 Å². The van der Waals surface area contributed by atoms with E-state index in [1.807, 2.05) is 36.4 Å². The number of hydrogen-bond donors (Lipinski definition) is 1. The van der Waals surface area contributed by atoms with Gasteiger partial charge >= 0.3 is 0 Å². The molecule has 0 fully saturated rings. The van der Waals surface area contributed by atoms with Gasteiger partial charge in [-0.3, -0.25) is 4.79 Å². The van der Waals surface area contributed by atoms with Gasteiger partial charge in [0, 0.05) is 14.1 Å². The highest BCUT2D eigenvalue weighted by Gasteiger charge is 2.20. The molecule has 3 aromatic rings. The fraction of sp³-hybridized carbons (Fsp3) is 0.174. The third kappa shape index (κ3) is 5.40. The summed E-state index contributed by atoms with van der Waals surface area (Å²) in [4.78, 5) is 12.5. The molecular formula is C23H23ClN2O5S. The number of ether oxygens (including phenoxy) is 2. The van der Waals surface area contributed by atoms with E-state index in [1.165, 1.54) is 39.4 Å². The fourth-order valence-corrected chi connectivity index (χ4v) is 4.08. The van der Waals surface area contributed by atoms with E-state index in [2.05, 4.69) is 5.32 Å². The third-order valence-corrected chi connectivity index (χ3v) is 6.73. The van der Waals surface area contributed by atoms with E-state index in [0.717, 1.165) is 15.4 Å². The van der Waals surface area contributed by atoms with Gasteiger partial charge in [0.1, 0.15) is 11.5 Å². The van der Waals surface area contributed by atoms with Gasteiger partial charge in [0.05, 0.1) is 22.7 Å². The first-order chi connectivity index (χ1) is 15.2. The lowest BCUT2D eigenvalue weighted by Crippen LogP contribution is -2.23. The van der Waals surface area contributed by atoms with Gasteiger partial charge in [-0.05, 0) is 41.5 Å². The number of anilines is 1. The SMILES string of the molecule is COc1ccc(S(=O)(=O)N(C)C)cc1NC(=O)COc1ccc(-c2ccccc2)cc1Cl. The lowest BCUT2D eigenvalue weighted by molar-refractivity contribution is -0.118. The Bertz CT molecular complexity index is 1210. The van der Waals surface area contributed by atoms with E-state index in [0.29, 0.717) is 16.5 Å². The molecule has 3 rings (SSSR count). The number of nitrogens with one attached hydrogen (secondary N) is 1. The Hall–Kier alpha value is -3.07. The fourth-order valence-electron chi connectivity index (χ4n) is 2.91. The van der Waals surface area contributed by atoms with Crippen LogP contribution in [0.1, 0.15) is 0 Å². The number of amides is 1. The molecule has 0 aliphatic carbocycles. The van der Waals surface area contributed by atoms with Gasteiger partial charge in [0.15, 0.2) is 6.61 Å². The van der Waals surface area contributed by atoms with E-state index >= 15 is 0 Å². The smallest absolute Gasteiger partial charge is 0.262 e. The van der Waals surface area contributed by atoms with Gasteiger partial charge < -0.3 is 14.8 Å². The summed E-state index contributed by atoms with van der Waals surface area (Å²) in [5.74, 6) is 0.185. The Kier molecular flexibility index (Phi) is 7.40. The molecule has 0 aliphatic rings. The Labute approximate surface area is 192 Å². The van der Waals surface area contributed by atoms with E-state index in [-0.39, 0.29) is 17.2 Å². The number of carbonyl (C=O) groups is 1. The summed E-state index contributed by atoms with van der Waals surface area (Å²) in [5, 5.41) is 3.00. The molecule has 3 aromatic carbocycles. The number of hydrogen-bond acceptors (Lipinski definition) is 5. The molecule has 0 spiro atoms. The molecule has 0 heterocycles. The zero-order chi connectivity index (χ0) is 23.3. The number of methoxy groups -OCH3 is 1. The van der Waals surface area contributed by atoms with Gasteiger partial charge in [-0.1, -0.05) is 48.0 Å². The molecule has 168 valence electrons. The van der Waals surface area contributed by atoms with Crippen molar-refractivity contribution in [2.45, 2.75) is 4.90 Å². The van der Waals surface area contributed by atoms with Gasteiger partial charge in [-0.25, -0.2) is 12.7 Å². The van der Waals surface area contributed by atoms with Crippen LogP contribution in [0, 0.1) is 0 Å². The number of sulfonamides is 1. The van der Waals surface area contributed by atoms with E-state index in [1.54, 1.807) is 12.1 Å². The minimum absolute atomic E-state index is 0.0269. The molecule has 7 nitrogen and oxygen atoms in total. The molecule has 0 atom stereocenters. The Morgan fingerprint density at radius 1 is 0.969 bits per heavy atom. The van der Waals surface area contributed by atoms with E-state index in [9.17, 15) is 13.2 Å². The zero-order valence-corrected chi connectivity index (χ0v) is 19.4. The van der Waals surface area contributed by atoms with Crippen LogP contribution >= 0.6 is 11.6 Å². The van der Waals surface area contributed by atoms with Crippen LogP contribution in [-0.4, -0.2) is 46.4 Å². The molecular weight excluding hydrogens is 452 g/mol. The average molecular weight is 475 g/mol. The standard InChI is InChI=1S/C23H23ClN2O5S/c1-26(2)32(28,29)18-10-12-22(30-3)20(14-18)25-23(27)15-31-21-11-9-17(13-19(21)24)16-7-5-4-6-8-16/h4-14H,15H2,1-3H3,(H,25,27). The molecule has 0 aliphatic heterocycles. The quantitative estimate of drug-likeness (QED) is 0.526. The maximum atomic E-state index is 12.5. The van der Waals surface area contributed by atoms with Crippen LogP contribution in [0.3, 0.4) is 0 Å². The predicted molar refractivity (Wildman–Crippen MR) is 125 cm³/mol. The summed E-state index contributed by atoms with van der Waals surface area (Å²) in [7, 11) is 0.614. The first-order valence-corrected chi connectivity index (χ1v) is 11.4. The molecule has 1 N–H and O–H groups in total. The highest BCUT2D eigenvalue weighted by atomic mass is 35.5. The number of rotatable bonds is 8. The second-order valence-corrected chi connectivity index (χ2v) is 9.56. The van der Waals surface area contributed by atoms with Crippen LogP contribution in [0.2, 0.25) is 5.02 Å². The predicted octanol–water partition coefficient (Wildman–Crippen LogP) is 4.28. The molecule has 0 saturated carbocycles. The van der Waals surface area contributed by atoms with Crippen molar-refractivity contribution in [2.75, 3.05) is 33.1 Å². The second-order valence-electron chi connectivity index (χ2n) is 7.00. The zero-order valence-electron chi connectivity index (χ0n) is 17.8. The summed E-state index contributed by atoms with van der Waals surface area (Å²) in [6.45, 7) is -0.321. The lowest BCUT2D eigenvalue weighted by Gasteiger charge is -2.15. The molecule has 0 bridgehead atoms. The Morgan fingerprint density at radius 2 is 1.66 bits per heavy atom. The maximum absolute atomic E-state index is 12.5. The maximum Gasteiger partial charge on any atom is 0.262 e. The Morgan fingerprint density at radius 3 is 2.28 bits per heavy atom. The van der Waals surface area contributed by atoms with Crippen LogP contribution in [0.5, 0.6) is 11.5 Å². The summed E-state index contributed by atoms with van der Waals surface area (Å²) < 4.78 is 36.6. The van der Waals surface area contributed by atoms with E-state index in [4.69, 9.17) is 21.1 Å². The monoisotopic (exact) mass is 474 g/mol. The topological polar surface area (TPSA) is 84.9 Å². The van der Waals surface area contributed by atoms with Gasteiger partial charge in [0.25, 0.3) is 5.91 Å². The molecule has 0 radical (unpaired) electrons. The van der Waals surface area contributed by atoms with Crippen molar-refractivity contribution in [3.63, 3.8) is 0 Å². The van der Waals surface area contributed by atoms with Crippen molar-refractivity contribution < 1.29 is 22.7 Å². The first kappa shape index (κ1) is 23.6. The van der Waals surface area contributed by atoms with Crippen molar-refractivity contribution in [1.29, 1.82) is 0 Å². The van der Waals surface area contributed by atoms with Crippen molar-refractivity contribution in [2.24, 2.45) is 0 Å². The summed E-state index contributed by atoms with van der Waals surface area (Å²) >= 11 is 6.32. The van der Waals surface area contributed by atoms with Crippen LogP contribution in [0.25, 0.3) is 11.1 Å². The normalized spacial score (nSPS) is 11.3. The molecule has 32 heavy (non-hydrogen) atoms. The number of benzene rings is 3. The minimum Gasteiger partial charge on any atom is -0.495 e. The van der Waals surface area contributed by atoms with Crippen LogP contribution < -0.4 is 14.8 Å².